The zero-order chi connectivity index (χ0) is 17.8. The van der Waals surface area contributed by atoms with Crippen LogP contribution < -0.4 is 0 Å². The highest BCUT2D eigenvalue weighted by Crippen LogP contribution is 2.42. The molecule has 1 atom stereocenters. The van der Waals surface area contributed by atoms with Crippen molar-refractivity contribution in [2.45, 2.75) is 31.8 Å². The third-order valence-electron chi connectivity index (χ3n) is 3.66. The van der Waals surface area contributed by atoms with Gasteiger partial charge in [-0.15, -0.1) is 0 Å². The van der Waals surface area contributed by atoms with Crippen LogP contribution in [0, 0.1) is 18.3 Å². The maximum atomic E-state index is 12.9. The fourth-order valence-corrected chi connectivity index (χ4v) is 2.33. The molecule has 0 saturated heterocycles. The van der Waals surface area contributed by atoms with Gasteiger partial charge >= 0.3 is 12.4 Å². The molecular weight excluding hydrogens is 326 g/mol. The number of halogens is 6. The number of hydrogen-bond donors (Lipinski definition) is 2. The second kappa shape index (κ2) is 4.89. The van der Waals surface area contributed by atoms with E-state index in [0.717, 1.165) is 6.07 Å². The largest absolute Gasteiger partial charge is 0.422 e. The van der Waals surface area contributed by atoms with E-state index >= 15 is 0 Å². The Bertz CT molecular complexity index is 808. The van der Waals surface area contributed by atoms with E-state index in [1.54, 1.807) is 0 Å². The summed E-state index contributed by atoms with van der Waals surface area (Å²) in [4.78, 5) is 2.20. The summed E-state index contributed by atoms with van der Waals surface area (Å²) in [5.41, 5.74) is -6.21. The molecule has 0 fully saturated rings. The SMILES string of the molecule is Cc1c(C(C)(O)C(F)(F)F)[nH]c2cc(C(F)(F)F)c(C#N)cc12. The molecule has 1 aromatic heterocycles. The molecule has 1 unspecified atom stereocenters. The Morgan fingerprint density at radius 1 is 1.13 bits per heavy atom. The van der Waals surface area contributed by atoms with Crippen molar-refractivity contribution in [1.29, 1.82) is 5.26 Å². The van der Waals surface area contributed by atoms with Crippen molar-refractivity contribution < 1.29 is 31.4 Å². The molecule has 9 heteroatoms. The van der Waals surface area contributed by atoms with E-state index in [1.165, 1.54) is 13.0 Å². The highest BCUT2D eigenvalue weighted by Gasteiger charge is 2.53. The molecule has 0 radical (unpaired) electrons. The molecule has 124 valence electrons. The van der Waals surface area contributed by atoms with Crippen LogP contribution in [0.25, 0.3) is 10.9 Å². The molecule has 0 aliphatic carbocycles. The van der Waals surface area contributed by atoms with Gasteiger partial charge in [-0.1, -0.05) is 0 Å². The quantitative estimate of drug-likeness (QED) is 0.769. The molecule has 0 amide bonds. The van der Waals surface area contributed by atoms with Crippen LogP contribution in [0.4, 0.5) is 26.3 Å². The summed E-state index contributed by atoms with van der Waals surface area (Å²) in [7, 11) is 0. The number of rotatable bonds is 1. The molecule has 1 aromatic carbocycles. The van der Waals surface area contributed by atoms with Crippen LogP contribution in [-0.2, 0) is 11.8 Å². The minimum Gasteiger partial charge on any atom is -0.375 e. The summed E-state index contributed by atoms with van der Waals surface area (Å²) in [6, 6.07) is 2.81. The van der Waals surface area contributed by atoms with E-state index in [1.807, 2.05) is 0 Å². The Morgan fingerprint density at radius 2 is 1.70 bits per heavy atom. The third-order valence-corrected chi connectivity index (χ3v) is 3.66. The summed E-state index contributed by atoms with van der Waals surface area (Å²) in [6.07, 6.45) is -9.85. The number of aromatic amines is 1. The third kappa shape index (κ3) is 2.63. The fraction of sp³-hybridized carbons (Fsp3) is 0.357. The molecule has 2 N–H and O–H groups in total. The van der Waals surface area contributed by atoms with Crippen LogP contribution >= 0.6 is 0 Å². The second-order valence-corrected chi connectivity index (χ2v) is 5.25. The van der Waals surface area contributed by atoms with Gasteiger partial charge < -0.3 is 10.1 Å². The van der Waals surface area contributed by atoms with Crippen molar-refractivity contribution in [3.05, 3.63) is 34.5 Å². The Labute approximate surface area is 126 Å². The number of benzene rings is 1. The average molecular weight is 336 g/mol. The first kappa shape index (κ1) is 17.1. The molecule has 0 aliphatic rings. The number of nitrogens with zero attached hydrogens (tertiary/aromatic N) is 1. The average Bonchev–Trinajstić information content (AvgIpc) is 2.72. The van der Waals surface area contributed by atoms with Crippen molar-refractivity contribution in [2.24, 2.45) is 0 Å². The first-order valence-electron chi connectivity index (χ1n) is 6.24. The lowest BCUT2D eigenvalue weighted by atomic mass is 9.96. The lowest BCUT2D eigenvalue weighted by Crippen LogP contribution is -2.40. The summed E-state index contributed by atoms with van der Waals surface area (Å²) >= 11 is 0. The maximum absolute atomic E-state index is 12.9. The zero-order valence-electron chi connectivity index (χ0n) is 11.8. The van der Waals surface area contributed by atoms with Gasteiger partial charge in [0.1, 0.15) is 0 Å². The van der Waals surface area contributed by atoms with Crippen molar-refractivity contribution >= 4 is 10.9 Å². The van der Waals surface area contributed by atoms with E-state index in [9.17, 15) is 31.4 Å². The first-order chi connectivity index (χ1) is 10.3. The molecule has 1 heterocycles. The van der Waals surface area contributed by atoms with Crippen molar-refractivity contribution in [3.63, 3.8) is 0 Å². The lowest BCUT2D eigenvalue weighted by molar-refractivity contribution is -0.260. The minimum absolute atomic E-state index is 0.00840. The highest BCUT2D eigenvalue weighted by molar-refractivity contribution is 5.87. The van der Waals surface area contributed by atoms with E-state index in [-0.39, 0.29) is 16.5 Å². The predicted molar refractivity (Wildman–Crippen MR) is 68.4 cm³/mol. The Kier molecular flexibility index (Phi) is 3.65. The standard InChI is InChI=1S/C14H10F6N2O/c1-6-8-3-7(5-21)9(13(15,16)17)4-10(8)22-11(6)12(2,23)14(18,19)20/h3-4,22-23H,1-2H3. The van der Waals surface area contributed by atoms with Crippen LogP contribution in [0.3, 0.4) is 0 Å². The summed E-state index contributed by atoms with van der Waals surface area (Å²) in [6.45, 7) is 1.73. The van der Waals surface area contributed by atoms with Gasteiger partial charge in [0.15, 0.2) is 5.60 Å². The number of aromatic nitrogens is 1. The summed E-state index contributed by atoms with van der Waals surface area (Å²) in [5.74, 6) is 0. The molecule has 0 aliphatic heterocycles. The Morgan fingerprint density at radius 3 is 2.13 bits per heavy atom. The van der Waals surface area contributed by atoms with Gasteiger partial charge in [-0.05, 0) is 31.5 Å². The van der Waals surface area contributed by atoms with Gasteiger partial charge in [0.05, 0.1) is 22.9 Å². The predicted octanol–water partition coefficient (Wildman–Crippen LogP) is 4.14. The number of alkyl halides is 6. The smallest absolute Gasteiger partial charge is 0.375 e. The van der Waals surface area contributed by atoms with Crippen molar-refractivity contribution in [3.8, 4) is 6.07 Å². The number of aryl methyl sites for hydroxylation is 1. The monoisotopic (exact) mass is 336 g/mol. The molecule has 2 aromatic rings. The van der Waals surface area contributed by atoms with E-state index in [4.69, 9.17) is 5.26 Å². The van der Waals surface area contributed by atoms with Crippen LogP contribution in [-0.4, -0.2) is 16.3 Å². The van der Waals surface area contributed by atoms with Crippen LogP contribution in [0.5, 0.6) is 0 Å². The lowest BCUT2D eigenvalue weighted by Gasteiger charge is -2.26. The topological polar surface area (TPSA) is 59.8 Å². The minimum atomic E-state index is -5.02. The zero-order valence-corrected chi connectivity index (χ0v) is 11.8. The molecule has 0 spiro atoms. The Balaban J connectivity index is 2.81. The number of hydrogen-bond acceptors (Lipinski definition) is 2. The summed E-state index contributed by atoms with van der Waals surface area (Å²) < 4.78 is 77.5. The summed E-state index contributed by atoms with van der Waals surface area (Å²) in [5, 5.41) is 18.6. The van der Waals surface area contributed by atoms with E-state index in [2.05, 4.69) is 4.98 Å². The van der Waals surface area contributed by atoms with E-state index in [0.29, 0.717) is 13.0 Å². The van der Waals surface area contributed by atoms with Crippen LogP contribution in [0.2, 0.25) is 0 Å². The number of nitriles is 1. The van der Waals surface area contributed by atoms with Gasteiger partial charge in [-0.3, -0.25) is 0 Å². The highest BCUT2D eigenvalue weighted by atomic mass is 19.4. The van der Waals surface area contributed by atoms with E-state index < -0.39 is 34.8 Å². The van der Waals surface area contributed by atoms with Gasteiger partial charge in [-0.2, -0.15) is 31.6 Å². The van der Waals surface area contributed by atoms with Crippen LogP contribution in [0.15, 0.2) is 12.1 Å². The molecule has 0 bridgehead atoms. The van der Waals surface area contributed by atoms with Gasteiger partial charge in [-0.25, -0.2) is 0 Å². The fourth-order valence-electron chi connectivity index (χ4n) is 2.33. The van der Waals surface area contributed by atoms with Crippen LogP contribution in [0.1, 0.15) is 29.3 Å². The molecular formula is C14H10F6N2O. The van der Waals surface area contributed by atoms with Gasteiger partial charge in [0, 0.05) is 10.9 Å². The molecule has 3 nitrogen and oxygen atoms in total. The van der Waals surface area contributed by atoms with Crippen molar-refractivity contribution in [1.82, 2.24) is 4.98 Å². The van der Waals surface area contributed by atoms with Crippen molar-refractivity contribution in [2.75, 3.05) is 0 Å². The molecule has 2 rings (SSSR count). The molecule has 23 heavy (non-hydrogen) atoms. The maximum Gasteiger partial charge on any atom is 0.422 e. The molecule has 0 saturated carbocycles. The number of aliphatic hydroxyl groups is 1. The first-order valence-corrected chi connectivity index (χ1v) is 6.24. The van der Waals surface area contributed by atoms with Gasteiger partial charge in [0.2, 0.25) is 0 Å². The normalized spacial score (nSPS) is 15.5. The van der Waals surface area contributed by atoms with Gasteiger partial charge in [0.25, 0.3) is 0 Å². The number of nitrogens with one attached hydrogen (secondary N) is 1. The Hall–Kier alpha value is -2.21. The number of H-pyrrole nitrogens is 1. The number of fused-ring (bicyclic) bond motifs is 1. The second-order valence-electron chi connectivity index (χ2n) is 5.25.